The molecule has 1 fully saturated rings. The summed E-state index contributed by atoms with van der Waals surface area (Å²) in [5.41, 5.74) is 1.29. The maximum absolute atomic E-state index is 4.70. The van der Waals surface area contributed by atoms with Gasteiger partial charge in [-0.15, -0.1) is 0 Å². The fourth-order valence-corrected chi connectivity index (χ4v) is 3.00. The summed E-state index contributed by atoms with van der Waals surface area (Å²) in [6, 6.07) is 5.14. The van der Waals surface area contributed by atoms with Gasteiger partial charge in [-0.05, 0) is 25.0 Å². The first-order chi connectivity index (χ1) is 8.84. The van der Waals surface area contributed by atoms with Crippen LogP contribution in [0.25, 0.3) is 0 Å². The first-order valence-electron chi connectivity index (χ1n) is 7.00. The zero-order chi connectivity index (χ0) is 12.4. The molecule has 1 unspecified atom stereocenters. The molecule has 2 N–H and O–H groups in total. The van der Waals surface area contributed by atoms with E-state index in [1.807, 2.05) is 0 Å². The number of rotatable bonds is 2. The molecule has 4 heteroatoms. The Labute approximate surface area is 108 Å². The summed E-state index contributed by atoms with van der Waals surface area (Å²) in [5.74, 6) is 1.13. The maximum atomic E-state index is 4.70. The molecule has 2 heterocycles. The smallest absolute Gasteiger partial charge is 0.120 e. The Kier molecular flexibility index (Phi) is 3.37. The fourth-order valence-electron chi connectivity index (χ4n) is 3.00. The Balaban J connectivity index is 1.77. The van der Waals surface area contributed by atoms with E-state index in [1.54, 1.807) is 0 Å². The molecule has 4 nitrogen and oxygen atoms in total. The van der Waals surface area contributed by atoms with Crippen molar-refractivity contribution in [3.63, 3.8) is 0 Å². The summed E-state index contributed by atoms with van der Waals surface area (Å²) < 4.78 is 2.18. The fraction of sp³-hybridized carbons (Fsp3) is 0.643. The van der Waals surface area contributed by atoms with E-state index in [2.05, 4.69) is 40.6 Å². The molecule has 1 aliphatic heterocycles. The van der Waals surface area contributed by atoms with Crippen molar-refractivity contribution < 1.29 is 0 Å². The SMILES string of the molecule is Cn1cccc1C1NCCN=C1NC1CCCC1. The van der Waals surface area contributed by atoms with Gasteiger partial charge in [0.05, 0.1) is 6.54 Å². The van der Waals surface area contributed by atoms with Crippen LogP contribution in [0.15, 0.2) is 23.3 Å². The first kappa shape index (κ1) is 11.8. The van der Waals surface area contributed by atoms with E-state index in [-0.39, 0.29) is 6.04 Å². The number of nitrogens with zero attached hydrogens (tertiary/aromatic N) is 2. The Bertz CT molecular complexity index is 429. The van der Waals surface area contributed by atoms with Crippen LogP contribution < -0.4 is 10.6 Å². The average Bonchev–Trinajstić information content (AvgIpc) is 3.02. The normalized spacial score (nSPS) is 25.2. The van der Waals surface area contributed by atoms with Gasteiger partial charge in [0.2, 0.25) is 0 Å². The lowest BCUT2D eigenvalue weighted by atomic mass is 10.1. The van der Waals surface area contributed by atoms with E-state index in [4.69, 9.17) is 4.99 Å². The second-order valence-corrected chi connectivity index (χ2v) is 5.32. The zero-order valence-corrected chi connectivity index (χ0v) is 11.0. The number of aliphatic imine (C=N–C) groups is 1. The van der Waals surface area contributed by atoms with Crippen molar-refractivity contribution in [1.82, 2.24) is 15.2 Å². The lowest BCUT2D eigenvalue weighted by Crippen LogP contribution is -2.46. The highest BCUT2D eigenvalue weighted by Gasteiger charge is 2.25. The van der Waals surface area contributed by atoms with E-state index in [0.717, 1.165) is 18.9 Å². The topological polar surface area (TPSA) is 41.4 Å². The van der Waals surface area contributed by atoms with Gasteiger partial charge in [-0.2, -0.15) is 0 Å². The van der Waals surface area contributed by atoms with Crippen molar-refractivity contribution in [2.45, 2.75) is 37.8 Å². The Hall–Kier alpha value is -1.29. The summed E-state index contributed by atoms with van der Waals surface area (Å²) in [6.45, 7) is 1.85. The highest BCUT2D eigenvalue weighted by atomic mass is 15.1. The van der Waals surface area contributed by atoms with Crippen molar-refractivity contribution in [2.24, 2.45) is 12.0 Å². The standard InChI is InChI=1S/C14H22N4/c1-18-10-4-7-12(18)13-14(16-9-8-15-13)17-11-5-2-3-6-11/h4,7,10-11,13,15H,2-3,5-6,8-9H2,1H3,(H,16,17). The molecule has 2 aliphatic rings. The summed E-state index contributed by atoms with van der Waals surface area (Å²) in [6.07, 6.45) is 7.39. The number of amidine groups is 1. The minimum absolute atomic E-state index is 0.236. The van der Waals surface area contributed by atoms with Gasteiger partial charge >= 0.3 is 0 Å². The third kappa shape index (κ3) is 2.29. The van der Waals surface area contributed by atoms with E-state index in [9.17, 15) is 0 Å². The summed E-state index contributed by atoms with van der Waals surface area (Å²) in [4.78, 5) is 4.70. The first-order valence-corrected chi connectivity index (χ1v) is 7.00. The molecule has 0 saturated heterocycles. The molecule has 1 saturated carbocycles. The van der Waals surface area contributed by atoms with Gasteiger partial charge in [-0.1, -0.05) is 12.8 Å². The number of aromatic nitrogens is 1. The third-order valence-corrected chi connectivity index (χ3v) is 4.00. The van der Waals surface area contributed by atoms with Crippen molar-refractivity contribution in [2.75, 3.05) is 13.1 Å². The molecule has 98 valence electrons. The molecule has 0 amide bonds. The minimum Gasteiger partial charge on any atom is -0.369 e. The van der Waals surface area contributed by atoms with E-state index in [1.165, 1.54) is 31.4 Å². The van der Waals surface area contributed by atoms with Gasteiger partial charge in [0, 0.05) is 31.5 Å². The van der Waals surface area contributed by atoms with Crippen LogP contribution in [0.4, 0.5) is 0 Å². The molecule has 1 aliphatic carbocycles. The molecule has 0 aromatic carbocycles. The van der Waals surface area contributed by atoms with Crippen LogP contribution in [-0.2, 0) is 7.05 Å². The average molecular weight is 246 g/mol. The van der Waals surface area contributed by atoms with Crippen molar-refractivity contribution >= 4 is 5.84 Å². The predicted molar refractivity (Wildman–Crippen MR) is 73.9 cm³/mol. The van der Waals surface area contributed by atoms with Crippen molar-refractivity contribution in [3.8, 4) is 0 Å². The lowest BCUT2D eigenvalue weighted by Gasteiger charge is -2.28. The third-order valence-electron chi connectivity index (χ3n) is 4.00. The summed E-state index contributed by atoms with van der Waals surface area (Å²) >= 11 is 0. The number of hydrogen-bond acceptors (Lipinski definition) is 3. The largest absolute Gasteiger partial charge is 0.369 e. The van der Waals surface area contributed by atoms with Gasteiger partial charge in [0.15, 0.2) is 0 Å². The Morgan fingerprint density at radius 3 is 2.94 bits per heavy atom. The molecule has 0 spiro atoms. The highest BCUT2D eigenvalue weighted by molar-refractivity contribution is 5.89. The van der Waals surface area contributed by atoms with Crippen LogP contribution in [0.3, 0.4) is 0 Å². The van der Waals surface area contributed by atoms with Gasteiger partial charge in [-0.3, -0.25) is 4.99 Å². The van der Waals surface area contributed by atoms with Crippen molar-refractivity contribution in [1.29, 1.82) is 0 Å². The number of aryl methyl sites for hydroxylation is 1. The van der Waals surface area contributed by atoms with Gasteiger partial charge in [-0.25, -0.2) is 0 Å². The van der Waals surface area contributed by atoms with Crippen LogP contribution in [0.5, 0.6) is 0 Å². The van der Waals surface area contributed by atoms with Gasteiger partial charge < -0.3 is 15.2 Å². The minimum atomic E-state index is 0.236. The van der Waals surface area contributed by atoms with E-state index in [0.29, 0.717) is 6.04 Å². The van der Waals surface area contributed by atoms with Gasteiger partial charge in [0.25, 0.3) is 0 Å². The highest BCUT2D eigenvalue weighted by Crippen LogP contribution is 2.21. The van der Waals surface area contributed by atoms with Crippen LogP contribution in [0.2, 0.25) is 0 Å². The van der Waals surface area contributed by atoms with Crippen LogP contribution in [-0.4, -0.2) is 29.5 Å². The number of nitrogens with one attached hydrogen (secondary N) is 2. The van der Waals surface area contributed by atoms with Gasteiger partial charge in [0.1, 0.15) is 11.9 Å². The monoisotopic (exact) mass is 246 g/mol. The molecular weight excluding hydrogens is 224 g/mol. The zero-order valence-electron chi connectivity index (χ0n) is 11.0. The molecule has 1 aromatic rings. The Morgan fingerprint density at radius 2 is 2.22 bits per heavy atom. The molecular formula is C14H22N4. The van der Waals surface area contributed by atoms with Crippen LogP contribution >= 0.6 is 0 Å². The second kappa shape index (κ2) is 5.14. The molecule has 18 heavy (non-hydrogen) atoms. The summed E-state index contributed by atoms with van der Waals surface area (Å²) in [7, 11) is 2.10. The van der Waals surface area contributed by atoms with Crippen molar-refractivity contribution in [3.05, 3.63) is 24.0 Å². The quantitative estimate of drug-likeness (QED) is 0.832. The molecule has 0 radical (unpaired) electrons. The lowest BCUT2D eigenvalue weighted by molar-refractivity contribution is 0.543. The molecule has 1 aromatic heterocycles. The number of hydrogen-bond donors (Lipinski definition) is 2. The van der Waals surface area contributed by atoms with Crippen LogP contribution in [0, 0.1) is 0 Å². The summed E-state index contributed by atoms with van der Waals surface area (Å²) in [5, 5.41) is 7.23. The second-order valence-electron chi connectivity index (χ2n) is 5.32. The van der Waals surface area contributed by atoms with E-state index < -0.39 is 0 Å². The molecule has 0 bridgehead atoms. The Morgan fingerprint density at radius 1 is 1.39 bits per heavy atom. The van der Waals surface area contributed by atoms with E-state index >= 15 is 0 Å². The molecule has 3 rings (SSSR count). The van der Waals surface area contributed by atoms with Crippen LogP contribution in [0.1, 0.15) is 37.4 Å². The maximum Gasteiger partial charge on any atom is 0.120 e. The predicted octanol–water partition coefficient (Wildman–Crippen LogP) is 1.60. The molecule has 1 atom stereocenters.